The van der Waals surface area contributed by atoms with Crippen molar-refractivity contribution in [3.63, 3.8) is 0 Å². The summed E-state index contributed by atoms with van der Waals surface area (Å²) in [6.45, 7) is 2.31. The molecule has 0 saturated heterocycles. The lowest BCUT2D eigenvalue weighted by Gasteiger charge is -2.11. The van der Waals surface area contributed by atoms with Gasteiger partial charge in [-0.3, -0.25) is 9.59 Å². The minimum atomic E-state index is -0.869. The number of hydrogen-bond acceptors (Lipinski definition) is 4. The van der Waals surface area contributed by atoms with Crippen LogP contribution in [0.25, 0.3) is 10.9 Å². The van der Waals surface area contributed by atoms with Crippen molar-refractivity contribution in [1.82, 2.24) is 4.57 Å². The number of amides is 1. The third kappa shape index (κ3) is 1.58. The standard InChI is InChI=1S/C12H12N2O4/c1-2-14-5-6(12(13)18)10(16)9-7(14)3-4-8(15)11(9)17/h3-5,15,17H,2H2,1H3,(H2,13,18). The number of aromatic nitrogens is 1. The van der Waals surface area contributed by atoms with E-state index in [1.54, 1.807) is 4.57 Å². The molecular formula is C12H12N2O4. The molecule has 1 amide bonds. The van der Waals surface area contributed by atoms with Gasteiger partial charge in [0.15, 0.2) is 11.5 Å². The summed E-state index contributed by atoms with van der Waals surface area (Å²) in [5.74, 6) is -1.82. The lowest BCUT2D eigenvalue weighted by atomic mass is 10.1. The average Bonchev–Trinajstić information content (AvgIpc) is 2.33. The molecule has 0 aliphatic rings. The summed E-state index contributed by atoms with van der Waals surface area (Å²) in [4.78, 5) is 23.2. The van der Waals surface area contributed by atoms with Gasteiger partial charge in [0.2, 0.25) is 5.43 Å². The van der Waals surface area contributed by atoms with E-state index < -0.39 is 22.8 Å². The maximum atomic E-state index is 12.0. The predicted molar refractivity (Wildman–Crippen MR) is 65.7 cm³/mol. The van der Waals surface area contributed by atoms with E-state index >= 15 is 0 Å². The van der Waals surface area contributed by atoms with Crippen molar-refractivity contribution in [2.45, 2.75) is 13.5 Å². The Balaban J connectivity index is 3.05. The normalized spacial score (nSPS) is 10.7. The number of benzene rings is 1. The first-order valence-electron chi connectivity index (χ1n) is 5.35. The fraction of sp³-hybridized carbons (Fsp3) is 0.167. The van der Waals surface area contributed by atoms with E-state index in [0.717, 1.165) is 0 Å². The van der Waals surface area contributed by atoms with E-state index in [1.165, 1.54) is 18.3 Å². The lowest BCUT2D eigenvalue weighted by Crippen LogP contribution is -2.24. The molecule has 6 heteroatoms. The molecule has 0 aliphatic carbocycles. The van der Waals surface area contributed by atoms with Crippen molar-refractivity contribution in [1.29, 1.82) is 0 Å². The van der Waals surface area contributed by atoms with Crippen molar-refractivity contribution in [3.05, 3.63) is 34.1 Å². The zero-order valence-electron chi connectivity index (χ0n) is 9.67. The van der Waals surface area contributed by atoms with Crippen LogP contribution in [0.2, 0.25) is 0 Å². The van der Waals surface area contributed by atoms with Gasteiger partial charge in [0.25, 0.3) is 5.91 Å². The Kier molecular flexibility index (Phi) is 2.70. The maximum Gasteiger partial charge on any atom is 0.254 e. The first kappa shape index (κ1) is 12.0. The lowest BCUT2D eigenvalue weighted by molar-refractivity contribution is 0.0999. The van der Waals surface area contributed by atoms with Crippen LogP contribution in [-0.4, -0.2) is 20.7 Å². The summed E-state index contributed by atoms with van der Waals surface area (Å²) in [6.07, 6.45) is 1.35. The molecule has 0 aliphatic heterocycles. The Bertz CT molecular complexity index is 703. The average molecular weight is 248 g/mol. The van der Waals surface area contributed by atoms with E-state index in [1.807, 2.05) is 6.92 Å². The number of phenols is 2. The smallest absolute Gasteiger partial charge is 0.254 e. The van der Waals surface area contributed by atoms with Crippen LogP contribution in [0.5, 0.6) is 11.5 Å². The van der Waals surface area contributed by atoms with Crippen LogP contribution < -0.4 is 11.2 Å². The largest absolute Gasteiger partial charge is 0.504 e. The van der Waals surface area contributed by atoms with E-state index in [0.29, 0.717) is 12.1 Å². The molecule has 4 N–H and O–H groups in total. The maximum absolute atomic E-state index is 12.0. The molecule has 0 radical (unpaired) electrons. The number of carbonyl (C=O) groups excluding carboxylic acids is 1. The topological polar surface area (TPSA) is 106 Å². The minimum Gasteiger partial charge on any atom is -0.504 e. The van der Waals surface area contributed by atoms with Gasteiger partial charge < -0.3 is 20.5 Å². The number of carbonyl (C=O) groups is 1. The number of primary amides is 1. The van der Waals surface area contributed by atoms with Crippen molar-refractivity contribution in [2.24, 2.45) is 5.73 Å². The Morgan fingerprint density at radius 2 is 2.06 bits per heavy atom. The van der Waals surface area contributed by atoms with Gasteiger partial charge in [0, 0.05) is 12.7 Å². The molecule has 0 fully saturated rings. The van der Waals surface area contributed by atoms with Crippen LogP contribution in [0.4, 0.5) is 0 Å². The zero-order valence-corrected chi connectivity index (χ0v) is 9.67. The van der Waals surface area contributed by atoms with E-state index in [4.69, 9.17) is 5.73 Å². The first-order chi connectivity index (χ1) is 8.47. The summed E-state index contributed by atoms with van der Waals surface area (Å²) in [5.41, 5.74) is 4.65. The fourth-order valence-corrected chi connectivity index (χ4v) is 1.89. The van der Waals surface area contributed by atoms with Crippen molar-refractivity contribution < 1.29 is 15.0 Å². The van der Waals surface area contributed by atoms with Crippen molar-refractivity contribution in [2.75, 3.05) is 0 Å². The molecule has 0 bridgehead atoms. The monoisotopic (exact) mass is 248 g/mol. The molecular weight excluding hydrogens is 236 g/mol. The van der Waals surface area contributed by atoms with Gasteiger partial charge in [-0.1, -0.05) is 0 Å². The summed E-state index contributed by atoms with van der Waals surface area (Å²) < 4.78 is 1.61. The van der Waals surface area contributed by atoms with Crippen LogP contribution in [-0.2, 0) is 6.54 Å². The number of pyridine rings is 1. The number of nitrogens with two attached hydrogens (primary N) is 1. The van der Waals surface area contributed by atoms with E-state index in [-0.39, 0.29) is 10.9 Å². The first-order valence-corrected chi connectivity index (χ1v) is 5.35. The predicted octanol–water partition coefficient (Wildman–Crippen LogP) is 0.532. The molecule has 0 atom stereocenters. The van der Waals surface area contributed by atoms with Crippen LogP contribution >= 0.6 is 0 Å². The van der Waals surface area contributed by atoms with Crippen LogP contribution in [0, 0.1) is 0 Å². The molecule has 1 aromatic heterocycles. The fourth-order valence-electron chi connectivity index (χ4n) is 1.89. The van der Waals surface area contributed by atoms with Gasteiger partial charge >= 0.3 is 0 Å². The second-order valence-electron chi connectivity index (χ2n) is 3.85. The number of hydrogen-bond donors (Lipinski definition) is 3. The Hall–Kier alpha value is -2.50. The van der Waals surface area contributed by atoms with E-state index in [2.05, 4.69) is 0 Å². The number of aryl methyl sites for hydroxylation is 1. The van der Waals surface area contributed by atoms with Crippen LogP contribution in [0.15, 0.2) is 23.1 Å². The highest BCUT2D eigenvalue weighted by atomic mass is 16.3. The molecule has 0 spiro atoms. The quantitative estimate of drug-likeness (QED) is 0.674. The Morgan fingerprint density at radius 1 is 1.39 bits per heavy atom. The highest BCUT2D eigenvalue weighted by molar-refractivity contribution is 5.98. The molecule has 2 rings (SSSR count). The number of nitrogens with zero attached hydrogens (tertiary/aromatic N) is 1. The number of aromatic hydroxyl groups is 2. The van der Waals surface area contributed by atoms with Crippen molar-refractivity contribution >= 4 is 16.8 Å². The minimum absolute atomic E-state index is 0.104. The highest BCUT2D eigenvalue weighted by Gasteiger charge is 2.17. The molecule has 1 aromatic carbocycles. The van der Waals surface area contributed by atoms with Gasteiger partial charge in [-0.05, 0) is 19.1 Å². The Morgan fingerprint density at radius 3 is 2.61 bits per heavy atom. The third-order valence-corrected chi connectivity index (χ3v) is 2.81. The summed E-state index contributed by atoms with van der Waals surface area (Å²) >= 11 is 0. The number of fused-ring (bicyclic) bond motifs is 1. The molecule has 94 valence electrons. The summed E-state index contributed by atoms with van der Waals surface area (Å²) in [6, 6.07) is 2.78. The molecule has 0 saturated carbocycles. The molecule has 2 aromatic rings. The van der Waals surface area contributed by atoms with Gasteiger partial charge in [-0.25, -0.2) is 0 Å². The number of phenolic OH excluding ortho intramolecular Hbond substituents is 2. The van der Waals surface area contributed by atoms with Crippen molar-refractivity contribution in [3.8, 4) is 11.5 Å². The van der Waals surface area contributed by atoms with Gasteiger partial charge in [0.1, 0.15) is 5.56 Å². The SMILES string of the molecule is CCn1cc(C(N)=O)c(=O)c2c(O)c(O)ccc21. The Labute approximate surface area is 102 Å². The molecule has 1 heterocycles. The summed E-state index contributed by atoms with van der Waals surface area (Å²) in [7, 11) is 0. The zero-order chi connectivity index (χ0) is 13.4. The second-order valence-corrected chi connectivity index (χ2v) is 3.85. The number of rotatable bonds is 2. The molecule has 6 nitrogen and oxygen atoms in total. The van der Waals surface area contributed by atoms with Gasteiger partial charge in [0.05, 0.1) is 10.9 Å². The van der Waals surface area contributed by atoms with Gasteiger partial charge in [-0.15, -0.1) is 0 Å². The highest BCUT2D eigenvalue weighted by Crippen LogP contribution is 2.31. The molecule has 0 unspecified atom stereocenters. The van der Waals surface area contributed by atoms with Gasteiger partial charge in [-0.2, -0.15) is 0 Å². The van der Waals surface area contributed by atoms with Crippen LogP contribution in [0.1, 0.15) is 17.3 Å². The molecule has 18 heavy (non-hydrogen) atoms. The second kappa shape index (κ2) is 4.06. The third-order valence-electron chi connectivity index (χ3n) is 2.81. The van der Waals surface area contributed by atoms with E-state index in [9.17, 15) is 19.8 Å². The summed E-state index contributed by atoms with van der Waals surface area (Å²) in [5, 5.41) is 19.1. The van der Waals surface area contributed by atoms with Crippen LogP contribution in [0.3, 0.4) is 0 Å².